The second kappa shape index (κ2) is 6.92. The molecule has 130 valence electrons. The summed E-state index contributed by atoms with van der Waals surface area (Å²) in [5, 5.41) is 0.876. The van der Waals surface area contributed by atoms with Gasteiger partial charge in [0.25, 0.3) is 10.0 Å². The Morgan fingerprint density at radius 3 is 2.44 bits per heavy atom. The highest BCUT2D eigenvalue weighted by atomic mass is 35.5. The largest absolute Gasteiger partial charge is 0.311 e. The molecule has 0 aliphatic rings. The molecule has 4 nitrogen and oxygen atoms in total. The topological polar surface area (TPSA) is 51.4 Å². The Morgan fingerprint density at radius 1 is 1.16 bits per heavy atom. The maximum absolute atomic E-state index is 13.0. The number of nitrogens with zero attached hydrogens (tertiary/aromatic N) is 2. The van der Waals surface area contributed by atoms with Crippen LogP contribution in [0, 0.1) is 5.82 Å². The molecule has 0 N–H and O–H groups in total. The number of fused-ring (bicyclic) bond motifs is 1. The third-order valence-electron chi connectivity index (χ3n) is 3.35. The SMILES string of the molecule is C=CCn1/c(=N/S(=O)(=O)c2ccc(F)cc2)sc2c(Cl)ccc(Cl)c21. The number of halogens is 3. The lowest BCUT2D eigenvalue weighted by atomic mass is 10.3. The summed E-state index contributed by atoms with van der Waals surface area (Å²) < 4.78 is 44.2. The highest BCUT2D eigenvalue weighted by Gasteiger charge is 2.17. The van der Waals surface area contributed by atoms with Gasteiger partial charge < -0.3 is 4.57 Å². The molecule has 0 atom stereocenters. The molecule has 0 aliphatic carbocycles. The van der Waals surface area contributed by atoms with Crippen molar-refractivity contribution in [1.82, 2.24) is 4.57 Å². The van der Waals surface area contributed by atoms with Crippen LogP contribution in [0.3, 0.4) is 0 Å². The van der Waals surface area contributed by atoms with Gasteiger partial charge in [0.05, 0.1) is 25.2 Å². The minimum Gasteiger partial charge on any atom is -0.311 e. The van der Waals surface area contributed by atoms with Crippen LogP contribution in [-0.2, 0) is 16.6 Å². The summed E-state index contributed by atoms with van der Waals surface area (Å²) in [6, 6.07) is 7.74. The van der Waals surface area contributed by atoms with E-state index in [2.05, 4.69) is 11.0 Å². The summed E-state index contributed by atoms with van der Waals surface area (Å²) in [6.45, 7) is 3.98. The molecule has 2 aromatic carbocycles. The smallest absolute Gasteiger partial charge is 0.285 e. The lowest BCUT2D eigenvalue weighted by molar-refractivity contribution is 0.594. The predicted molar refractivity (Wildman–Crippen MR) is 99.2 cm³/mol. The number of thiazole rings is 1. The van der Waals surface area contributed by atoms with Gasteiger partial charge in [-0.3, -0.25) is 0 Å². The van der Waals surface area contributed by atoms with E-state index in [0.29, 0.717) is 26.8 Å². The summed E-state index contributed by atoms with van der Waals surface area (Å²) in [4.78, 5) is 0.0999. The van der Waals surface area contributed by atoms with Gasteiger partial charge in [-0.05, 0) is 36.4 Å². The second-order valence-electron chi connectivity index (χ2n) is 5.01. The first-order valence-electron chi connectivity index (χ1n) is 6.98. The molecule has 0 amide bonds. The molecule has 0 saturated heterocycles. The van der Waals surface area contributed by atoms with E-state index < -0.39 is 15.8 Å². The zero-order valence-electron chi connectivity index (χ0n) is 12.6. The van der Waals surface area contributed by atoms with Gasteiger partial charge in [0.1, 0.15) is 5.82 Å². The van der Waals surface area contributed by atoms with Crippen molar-refractivity contribution in [1.29, 1.82) is 0 Å². The summed E-state index contributed by atoms with van der Waals surface area (Å²) in [5.41, 5.74) is 0.590. The summed E-state index contributed by atoms with van der Waals surface area (Å²) in [6.07, 6.45) is 1.60. The average Bonchev–Trinajstić information content (AvgIpc) is 2.91. The van der Waals surface area contributed by atoms with E-state index >= 15 is 0 Å². The van der Waals surface area contributed by atoms with Crippen LogP contribution in [0.5, 0.6) is 0 Å². The number of benzene rings is 2. The second-order valence-corrected chi connectivity index (χ2v) is 8.41. The van der Waals surface area contributed by atoms with Crippen molar-refractivity contribution in [2.75, 3.05) is 0 Å². The highest BCUT2D eigenvalue weighted by molar-refractivity contribution is 7.90. The third-order valence-corrected chi connectivity index (χ3v) is 6.59. The van der Waals surface area contributed by atoms with Crippen LogP contribution < -0.4 is 4.80 Å². The number of rotatable bonds is 4. The van der Waals surface area contributed by atoms with Crippen molar-refractivity contribution in [3.05, 3.63) is 69.7 Å². The Hall–Kier alpha value is -1.67. The maximum Gasteiger partial charge on any atom is 0.285 e. The Balaban J connectivity index is 2.30. The van der Waals surface area contributed by atoms with Crippen molar-refractivity contribution in [3.8, 4) is 0 Å². The first kappa shape index (κ1) is 18.1. The molecule has 0 bridgehead atoms. The molecule has 1 heterocycles. The normalized spacial score (nSPS) is 12.7. The number of hydrogen-bond acceptors (Lipinski definition) is 3. The van der Waals surface area contributed by atoms with E-state index in [0.717, 1.165) is 23.5 Å². The molecule has 3 rings (SSSR count). The standard InChI is InChI=1S/C16H11Cl2FN2O2S2/c1-2-9-21-14-12(17)7-8-13(18)15(14)24-16(21)20-25(22,23)11-5-3-10(19)4-6-11/h2-8H,1,9H2/b20-16-. The van der Waals surface area contributed by atoms with Gasteiger partial charge in [0.15, 0.2) is 0 Å². The molecule has 25 heavy (non-hydrogen) atoms. The van der Waals surface area contributed by atoms with Crippen molar-refractivity contribution in [2.24, 2.45) is 4.40 Å². The van der Waals surface area contributed by atoms with E-state index in [1.807, 2.05) is 0 Å². The Labute approximate surface area is 157 Å². The van der Waals surface area contributed by atoms with Crippen molar-refractivity contribution >= 4 is 54.8 Å². The van der Waals surface area contributed by atoms with Gasteiger partial charge >= 0.3 is 0 Å². The lowest BCUT2D eigenvalue weighted by Gasteiger charge is -2.04. The van der Waals surface area contributed by atoms with Crippen LogP contribution in [0.4, 0.5) is 4.39 Å². The van der Waals surface area contributed by atoms with Gasteiger partial charge in [-0.25, -0.2) is 4.39 Å². The van der Waals surface area contributed by atoms with Crippen LogP contribution in [0.1, 0.15) is 0 Å². The maximum atomic E-state index is 13.0. The number of sulfonamides is 1. The summed E-state index contributed by atoms with van der Waals surface area (Å²) in [7, 11) is -4.02. The van der Waals surface area contributed by atoms with E-state index in [-0.39, 0.29) is 9.70 Å². The predicted octanol–water partition coefficient (Wildman–Crippen LogP) is 4.62. The van der Waals surface area contributed by atoms with Gasteiger partial charge in [-0.2, -0.15) is 8.42 Å². The minimum absolute atomic E-state index is 0.103. The van der Waals surface area contributed by atoms with E-state index in [9.17, 15) is 12.8 Å². The van der Waals surface area contributed by atoms with Crippen molar-refractivity contribution < 1.29 is 12.8 Å². The average molecular weight is 417 g/mol. The molecule has 3 aromatic rings. The van der Waals surface area contributed by atoms with E-state index in [4.69, 9.17) is 23.2 Å². The van der Waals surface area contributed by atoms with Gasteiger partial charge in [0, 0.05) is 6.54 Å². The van der Waals surface area contributed by atoms with Gasteiger partial charge in [-0.1, -0.05) is 40.6 Å². The number of aromatic nitrogens is 1. The number of hydrogen-bond donors (Lipinski definition) is 0. The Bertz CT molecular complexity index is 1130. The molecule has 0 aliphatic heterocycles. The highest BCUT2D eigenvalue weighted by Crippen LogP contribution is 2.32. The van der Waals surface area contributed by atoms with Crippen LogP contribution in [0.15, 0.2) is 58.3 Å². The monoisotopic (exact) mass is 416 g/mol. The van der Waals surface area contributed by atoms with Crippen LogP contribution in [0.2, 0.25) is 10.0 Å². The van der Waals surface area contributed by atoms with Gasteiger partial charge in [-0.15, -0.1) is 11.0 Å². The first-order valence-corrected chi connectivity index (χ1v) is 9.99. The van der Waals surface area contributed by atoms with Crippen LogP contribution in [0.25, 0.3) is 10.2 Å². The number of allylic oxidation sites excluding steroid dienone is 1. The van der Waals surface area contributed by atoms with Crippen molar-refractivity contribution in [3.63, 3.8) is 0 Å². The van der Waals surface area contributed by atoms with Crippen LogP contribution >= 0.6 is 34.5 Å². The molecule has 0 saturated carbocycles. The fourth-order valence-corrected chi connectivity index (χ4v) is 5.10. The van der Waals surface area contributed by atoms with Crippen LogP contribution in [-0.4, -0.2) is 13.0 Å². The van der Waals surface area contributed by atoms with Gasteiger partial charge in [0.2, 0.25) is 4.80 Å². The molecule has 1 aromatic heterocycles. The van der Waals surface area contributed by atoms with E-state index in [1.165, 1.54) is 12.1 Å². The summed E-state index contributed by atoms with van der Waals surface area (Å²) >= 11 is 13.6. The van der Waals surface area contributed by atoms with E-state index in [1.54, 1.807) is 22.8 Å². The molecule has 0 spiro atoms. The molecule has 0 unspecified atom stereocenters. The fourth-order valence-electron chi connectivity index (χ4n) is 2.24. The lowest BCUT2D eigenvalue weighted by Crippen LogP contribution is -2.16. The Morgan fingerprint density at radius 2 is 1.80 bits per heavy atom. The Kier molecular flexibility index (Phi) is 5.02. The van der Waals surface area contributed by atoms with Crippen molar-refractivity contribution in [2.45, 2.75) is 11.4 Å². The molecular formula is C16H11Cl2FN2O2S2. The first-order chi connectivity index (χ1) is 11.8. The summed E-state index contributed by atoms with van der Waals surface area (Å²) in [5.74, 6) is -0.527. The molecule has 9 heteroatoms. The third kappa shape index (κ3) is 3.50. The fraction of sp³-hybridized carbons (Fsp3) is 0.0625. The molecule has 0 radical (unpaired) electrons. The zero-order valence-corrected chi connectivity index (χ0v) is 15.8. The quantitative estimate of drug-likeness (QED) is 0.582. The molecule has 0 fully saturated rings. The zero-order chi connectivity index (χ0) is 18.2. The molecular weight excluding hydrogens is 406 g/mol. The minimum atomic E-state index is -4.02.